The number of amides is 2. The lowest BCUT2D eigenvalue weighted by Gasteiger charge is -2.30. The summed E-state index contributed by atoms with van der Waals surface area (Å²) in [5.41, 5.74) is 5.92. The highest BCUT2D eigenvalue weighted by Crippen LogP contribution is 2.22. The van der Waals surface area contributed by atoms with Crippen LogP contribution >= 0.6 is 0 Å². The number of hydrogen-bond acceptors (Lipinski definition) is 3. The molecule has 1 unspecified atom stereocenters. The maximum absolute atomic E-state index is 13.6. The summed E-state index contributed by atoms with van der Waals surface area (Å²) >= 11 is 0. The predicted octanol–water partition coefficient (Wildman–Crippen LogP) is 1.75. The lowest BCUT2D eigenvalue weighted by molar-refractivity contribution is -0.150. The van der Waals surface area contributed by atoms with Crippen molar-refractivity contribution in [2.75, 3.05) is 6.54 Å². The Morgan fingerprint density at radius 1 is 1.30 bits per heavy atom. The molecule has 20 heavy (non-hydrogen) atoms. The second-order valence-corrected chi connectivity index (χ2v) is 5.18. The minimum absolute atomic E-state index is 0.0185. The standard InChI is InChI=1S/C14H16F2N2O2/c1-8-4-13(19)18(14(20)5-8)7-12(17)10-3-2-9(15)6-11(10)16/h2-3,6,8,12H,4-5,7,17H2,1H3. The first-order chi connectivity index (χ1) is 9.38. The molecule has 0 spiro atoms. The van der Waals surface area contributed by atoms with Crippen molar-refractivity contribution >= 4 is 11.8 Å². The highest BCUT2D eigenvalue weighted by Gasteiger charge is 2.31. The summed E-state index contributed by atoms with van der Waals surface area (Å²) in [6, 6.07) is 2.20. The van der Waals surface area contributed by atoms with E-state index in [-0.39, 0.29) is 42.7 Å². The van der Waals surface area contributed by atoms with E-state index >= 15 is 0 Å². The van der Waals surface area contributed by atoms with Crippen molar-refractivity contribution < 1.29 is 18.4 Å². The third kappa shape index (κ3) is 3.01. The Morgan fingerprint density at radius 3 is 2.45 bits per heavy atom. The molecule has 108 valence electrons. The summed E-state index contributed by atoms with van der Waals surface area (Å²) in [5, 5.41) is 0. The van der Waals surface area contributed by atoms with Gasteiger partial charge in [-0.1, -0.05) is 13.0 Å². The van der Waals surface area contributed by atoms with E-state index < -0.39 is 17.7 Å². The SMILES string of the molecule is CC1CC(=O)N(CC(N)c2ccc(F)cc2F)C(=O)C1. The largest absolute Gasteiger partial charge is 0.322 e. The highest BCUT2D eigenvalue weighted by molar-refractivity contribution is 5.97. The van der Waals surface area contributed by atoms with Gasteiger partial charge < -0.3 is 5.73 Å². The van der Waals surface area contributed by atoms with Crippen molar-refractivity contribution in [1.29, 1.82) is 0 Å². The quantitative estimate of drug-likeness (QED) is 0.859. The van der Waals surface area contributed by atoms with Gasteiger partial charge >= 0.3 is 0 Å². The minimum Gasteiger partial charge on any atom is -0.322 e. The zero-order valence-electron chi connectivity index (χ0n) is 11.1. The summed E-state index contributed by atoms with van der Waals surface area (Å²) in [4.78, 5) is 24.7. The Labute approximate surface area is 115 Å². The molecule has 1 aromatic carbocycles. The predicted molar refractivity (Wildman–Crippen MR) is 68.4 cm³/mol. The molecule has 1 saturated heterocycles. The molecule has 0 saturated carbocycles. The summed E-state index contributed by atoms with van der Waals surface area (Å²) in [6.07, 6.45) is 0.564. The van der Waals surface area contributed by atoms with Gasteiger partial charge in [0.25, 0.3) is 0 Å². The first-order valence-corrected chi connectivity index (χ1v) is 6.42. The van der Waals surface area contributed by atoms with Gasteiger partial charge in [0, 0.05) is 31.0 Å². The molecule has 0 aromatic heterocycles. The van der Waals surface area contributed by atoms with E-state index in [0.717, 1.165) is 17.0 Å². The molecule has 2 N–H and O–H groups in total. The van der Waals surface area contributed by atoms with Gasteiger partial charge in [0.15, 0.2) is 0 Å². The number of carbonyl (C=O) groups is 2. The number of halogens is 2. The van der Waals surface area contributed by atoms with Gasteiger partial charge in [-0.15, -0.1) is 0 Å². The van der Waals surface area contributed by atoms with Gasteiger partial charge in [0.05, 0.1) is 6.04 Å². The average molecular weight is 282 g/mol. The zero-order valence-corrected chi connectivity index (χ0v) is 11.1. The second-order valence-electron chi connectivity index (χ2n) is 5.18. The monoisotopic (exact) mass is 282 g/mol. The van der Waals surface area contributed by atoms with E-state index in [1.165, 1.54) is 6.07 Å². The van der Waals surface area contributed by atoms with Crippen molar-refractivity contribution in [3.63, 3.8) is 0 Å². The van der Waals surface area contributed by atoms with Crippen LogP contribution in [0.5, 0.6) is 0 Å². The van der Waals surface area contributed by atoms with E-state index in [0.29, 0.717) is 0 Å². The Balaban J connectivity index is 2.12. The Kier molecular flexibility index (Phi) is 4.13. The van der Waals surface area contributed by atoms with Gasteiger partial charge in [-0.2, -0.15) is 0 Å². The Morgan fingerprint density at radius 2 is 1.90 bits per heavy atom. The number of imide groups is 1. The normalized spacial score (nSPS) is 18.5. The van der Waals surface area contributed by atoms with Gasteiger partial charge in [0.2, 0.25) is 11.8 Å². The fraction of sp³-hybridized carbons (Fsp3) is 0.429. The third-order valence-corrected chi connectivity index (χ3v) is 3.39. The summed E-state index contributed by atoms with van der Waals surface area (Å²) < 4.78 is 26.4. The molecule has 1 aromatic rings. The highest BCUT2D eigenvalue weighted by atomic mass is 19.1. The van der Waals surface area contributed by atoms with Crippen molar-refractivity contribution in [3.8, 4) is 0 Å². The van der Waals surface area contributed by atoms with Crippen LogP contribution in [0.4, 0.5) is 8.78 Å². The number of likely N-dealkylation sites (tertiary alicyclic amines) is 1. The van der Waals surface area contributed by atoms with Crippen molar-refractivity contribution in [1.82, 2.24) is 4.90 Å². The molecule has 1 fully saturated rings. The van der Waals surface area contributed by atoms with Crippen LogP contribution in [0.2, 0.25) is 0 Å². The number of piperidine rings is 1. The number of nitrogens with two attached hydrogens (primary N) is 1. The first kappa shape index (κ1) is 14.6. The smallest absolute Gasteiger partial charge is 0.229 e. The molecule has 1 aliphatic rings. The average Bonchev–Trinajstić information content (AvgIpc) is 2.33. The molecule has 1 aliphatic heterocycles. The van der Waals surface area contributed by atoms with Crippen LogP contribution in [0.3, 0.4) is 0 Å². The van der Waals surface area contributed by atoms with Crippen molar-refractivity contribution in [3.05, 3.63) is 35.4 Å². The first-order valence-electron chi connectivity index (χ1n) is 6.42. The van der Waals surface area contributed by atoms with Crippen molar-refractivity contribution in [2.24, 2.45) is 11.7 Å². The van der Waals surface area contributed by atoms with Gasteiger partial charge in [0.1, 0.15) is 11.6 Å². The number of nitrogens with zero attached hydrogens (tertiary/aromatic N) is 1. The fourth-order valence-electron chi connectivity index (χ4n) is 2.33. The van der Waals surface area contributed by atoms with Crippen LogP contribution in [0.1, 0.15) is 31.4 Å². The van der Waals surface area contributed by atoms with E-state index in [4.69, 9.17) is 5.73 Å². The molecular weight excluding hydrogens is 266 g/mol. The molecule has 4 nitrogen and oxygen atoms in total. The molecule has 2 rings (SSSR count). The molecule has 6 heteroatoms. The topological polar surface area (TPSA) is 63.4 Å². The minimum atomic E-state index is -0.864. The van der Waals surface area contributed by atoms with Crippen LogP contribution < -0.4 is 5.73 Å². The Hall–Kier alpha value is -1.82. The summed E-state index contributed by atoms with van der Waals surface area (Å²) in [7, 11) is 0. The maximum atomic E-state index is 13.6. The van der Waals surface area contributed by atoms with Crippen molar-refractivity contribution in [2.45, 2.75) is 25.8 Å². The van der Waals surface area contributed by atoms with Crippen LogP contribution in [-0.4, -0.2) is 23.3 Å². The van der Waals surface area contributed by atoms with Gasteiger partial charge in [-0.3, -0.25) is 14.5 Å². The lowest BCUT2D eigenvalue weighted by Crippen LogP contribution is -2.46. The van der Waals surface area contributed by atoms with Gasteiger partial charge in [-0.25, -0.2) is 8.78 Å². The molecule has 0 bridgehead atoms. The third-order valence-electron chi connectivity index (χ3n) is 3.39. The molecule has 1 heterocycles. The van der Waals surface area contributed by atoms with E-state index in [2.05, 4.69) is 0 Å². The summed E-state index contributed by atoms with van der Waals surface area (Å²) in [6.45, 7) is 1.74. The summed E-state index contributed by atoms with van der Waals surface area (Å²) in [5.74, 6) is -2.05. The molecule has 1 atom stereocenters. The molecular formula is C14H16F2N2O2. The number of hydrogen-bond donors (Lipinski definition) is 1. The maximum Gasteiger partial charge on any atom is 0.229 e. The molecule has 0 aliphatic carbocycles. The zero-order chi connectivity index (χ0) is 14.9. The van der Waals surface area contributed by atoms with Crippen LogP contribution in [0.15, 0.2) is 18.2 Å². The van der Waals surface area contributed by atoms with Crippen LogP contribution in [-0.2, 0) is 9.59 Å². The number of carbonyl (C=O) groups excluding carboxylic acids is 2. The van der Waals surface area contributed by atoms with Crippen LogP contribution in [0, 0.1) is 17.6 Å². The molecule has 2 amide bonds. The number of benzene rings is 1. The fourth-order valence-corrected chi connectivity index (χ4v) is 2.33. The lowest BCUT2D eigenvalue weighted by atomic mass is 9.96. The van der Waals surface area contributed by atoms with E-state index in [9.17, 15) is 18.4 Å². The van der Waals surface area contributed by atoms with E-state index in [1.807, 2.05) is 6.92 Å². The van der Waals surface area contributed by atoms with Gasteiger partial charge in [-0.05, 0) is 12.0 Å². The molecule has 0 radical (unpaired) electrons. The van der Waals surface area contributed by atoms with Crippen LogP contribution in [0.25, 0.3) is 0 Å². The second kappa shape index (κ2) is 5.66. The van der Waals surface area contributed by atoms with E-state index in [1.54, 1.807) is 0 Å². The Bertz CT molecular complexity index is 530. The number of rotatable bonds is 3.